The van der Waals surface area contributed by atoms with Gasteiger partial charge in [-0.2, -0.15) is 0 Å². The number of carbonyl (C=O) groups excluding carboxylic acids is 1. The topological polar surface area (TPSA) is 54.7 Å². The molecule has 0 unspecified atom stereocenters. The normalized spacial score (nSPS) is 18.8. The number of ether oxygens (including phenoxy) is 1. The van der Waals surface area contributed by atoms with Crippen LogP contribution in [0.25, 0.3) is 0 Å². The smallest absolute Gasteiger partial charge is 0.287 e. The largest absolute Gasteiger partial charge is 0.459 e. The predicted molar refractivity (Wildman–Crippen MR) is 85.1 cm³/mol. The van der Waals surface area contributed by atoms with Crippen molar-refractivity contribution in [3.8, 4) is 0 Å². The summed E-state index contributed by atoms with van der Waals surface area (Å²) in [5.74, 6) is 0.172. The molecule has 0 bridgehead atoms. The van der Waals surface area contributed by atoms with Crippen molar-refractivity contribution in [1.82, 2.24) is 10.2 Å². The molecule has 0 aromatic carbocycles. The first kappa shape index (κ1) is 15.3. The summed E-state index contributed by atoms with van der Waals surface area (Å²) in [6.07, 6.45) is 1.51. The Balaban J connectivity index is 1.74. The van der Waals surface area contributed by atoms with Gasteiger partial charge in [-0.15, -0.1) is 11.3 Å². The van der Waals surface area contributed by atoms with Gasteiger partial charge in [-0.1, -0.05) is 6.07 Å². The van der Waals surface area contributed by atoms with Gasteiger partial charge in [-0.25, -0.2) is 0 Å². The van der Waals surface area contributed by atoms with Crippen LogP contribution in [0.15, 0.2) is 40.3 Å². The number of thiophene rings is 1. The van der Waals surface area contributed by atoms with Crippen LogP contribution in [-0.4, -0.2) is 43.2 Å². The van der Waals surface area contributed by atoms with E-state index in [9.17, 15) is 4.79 Å². The molecule has 118 valence electrons. The minimum absolute atomic E-state index is 0.0191. The molecule has 0 saturated carbocycles. The van der Waals surface area contributed by atoms with Crippen molar-refractivity contribution in [2.24, 2.45) is 0 Å². The Morgan fingerprint density at radius 1 is 1.32 bits per heavy atom. The molecule has 22 heavy (non-hydrogen) atoms. The van der Waals surface area contributed by atoms with Crippen LogP contribution in [0.1, 0.15) is 28.4 Å². The van der Waals surface area contributed by atoms with Crippen LogP contribution in [0.4, 0.5) is 0 Å². The summed E-state index contributed by atoms with van der Waals surface area (Å²) < 4.78 is 10.6. The number of carbonyl (C=O) groups is 1. The van der Waals surface area contributed by atoms with Crippen LogP contribution in [0.3, 0.4) is 0 Å². The number of morpholine rings is 1. The van der Waals surface area contributed by atoms with Gasteiger partial charge in [0.1, 0.15) is 0 Å². The highest BCUT2D eigenvalue weighted by Crippen LogP contribution is 2.29. The maximum atomic E-state index is 12.2. The van der Waals surface area contributed by atoms with Crippen molar-refractivity contribution in [2.45, 2.75) is 19.0 Å². The molecule has 1 N–H and O–H groups in total. The number of nitrogens with one attached hydrogen (secondary N) is 1. The van der Waals surface area contributed by atoms with Crippen LogP contribution >= 0.6 is 11.3 Å². The van der Waals surface area contributed by atoms with Crippen molar-refractivity contribution in [2.75, 3.05) is 26.3 Å². The molecule has 2 aromatic heterocycles. The summed E-state index contributed by atoms with van der Waals surface area (Å²) in [5, 5.41) is 5.13. The summed E-state index contributed by atoms with van der Waals surface area (Å²) >= 11 is 1.72. The first-order chi connectivity index (χ1) is 10.8. The molecule has 3 rings (SSSR count). The maximum absolute atomic E-state index is 12.2. The maximum Gasteiger partial charge on any atom is 0.287 e. The summed E-state index contributed by atoms with van der Waals surface area (Å²) in [6, 6.07) is 7.71. The van der Waals surface area contributed by atoms with E-state index < -0.39 is 0 Å². The fraction of sp³-hybridized carbons (Fsp3) is 0.438. The number of amides is 1. The van der Waals surface area contributed by atoms with Crippen LogP contribution in [0.2, 0.25) is 0 Å². The number of hydrogen-bond acceptors (Lipinski definition) is 5. The highest BCUT2D eigenvalue weighted by molar-refractivity contribution is 7.10. The average Bonchev–Trinajstić information content (AvgIpc) is 3.22. The molecule has 1 fully saturated rings. The minimum atomic E-state index is -0.174. The number of rotatable bonds is 5. The second-order valence-corrected chi connectivity index (χ2v) is 6.33. The third-order valence-electron chi connectivity index (χ3n) is 3.85. The third kappa shape index (κ3) is 3.40. The second kappa shape index (κ2) is 7.09. The molecule has 1 aliphatic rings. The quantitative estimate of drug-likeness (QED) is 0.920. The SMILES string of the molecule is C[C@H](NC(=O)c1ccco1)[C@H](c1cccs1)N1CCOCC1. The van der Waals surface area contributed by atoms with Gasteiger partial charge in [0.15, 0.2) is 5.76 Å². The van der Waals surface area contributed by atoms with E-state index in [1.165, 1.54) is 11.1 Å². The highest BCUT2D eigenvalue weighted by Gasteiger charge is 2.29. The zero-order valence-electron chi connectivity index (χ0n) is 12.5. The number of furan rings is 1. The van der Waals surface area contributed by atoms with Crippen molar-refractivity contribution >= 4 is 17.2 Å². The Morgan fingerprint density at radius 3 is 2.77 bits per heavy atom. The fourth-order valence-electron chi connectivity index (χ4n) is 2.82. The molecule has 0 aliphatic carbocycles. The third-order valence-corrected chi connectivity index (χ3v) is 4.79. The summed E-state index contributed by atoms with van der Waals surface area (Å²) in [4.78, 5) is 15.9. The van der Waals surface area contributed by atoms with E-state index in [0.717, 1.165) is 26.3 Å². The molecule has 5 nitrogen and oxygen atoms in total. The van der Waals surface area contributed by atoms with Gasteiger partial charge in [0.25, 0.3) is 5.91 Å². The van der Waals surface area contributed by atoms with E-state index in [1.54, 1.807) is 23.5 Å². The average molecular weight is 320 g/mol. The van der Waals surface area contributed by atoms with E-state index in [2.05, 4.69) is 27.7 Å². The molecule has 1 amide bonds. The number of hydrogen-bond donors (Lipinski definition) is 1. The summed E-state index contributed by atoms with van der Waals surface area (Å²) in [7, 11) is 0. The Bertz CT molecular complexity index is 577. The standard InChI is InChI=1S/C16H20N2O3S/c1-12(17-16(19)13-4-2-8-21-13)15(14-5-3-11-22-14)18-6-9-20-10-7-18/h2-5,8,11-12,15H,6-7,9-10H2,1H3,(H,17,19)/t12-,15+/m0/s1. The van der Waals surface area contributed by atoms with Crippen LogP contribution in [-0.2, 0) is 4.74 Å². The van der Waals surface area contributed by atoms with Gasteiger partial charge in [-0.05, 0) is 30.5 Å². The fourth-order valence-corrected chi connectivity index (χ4v) is 3.79. The van der Waals surface area contributed by atoms with Crippen LogP contribution in [0, 0.1) is 0 Å². The Morgan fingerprint density at radius 2 is 2.14 bits per heavy atom. The molecule has 6 heteroatoms. The van der Waals surface area contributed by atoms with E-state index in [0.29, 0.717) is 5.76 Å². The van der Waals surface area contributed by atoms with Crippen molar-refractivity contribution in [3.05, 3.63) is 46.5 Å². The summed E-state index contributed by atoms with van der Waals surface area (Å²) in [5.41, 5.74) is 0. The van der Waals surface area contributed by atoms with Crippen molar-refractivity contribution in [1.29, 1.82) is 0 Å². The molecule has 1 saturated heterocycles. The van der Waals surface area contributed by atoms with Gasteiger partial charge in [-0.3, -0.25) is 9.69 Å². The molecular formula is C16H20N2O3S. The van der Waals surface area contributed by atoms with E-state index >= 15 is 0 Å². The van der Waals surface area contributed by atoms with Crippen LogP contribution in [0.5, 0.6) is 0 Å². The molecule has 2 atom stereocenters. The monoisotopic (exact) mass is 320 g/mol. The lowest BCUT2D eigenvalue weighted by Crippen LogP contribution is -2.48. The van der Waals surface area contributed by atoms with Crippen molar-refractivity contribution in [3.63, 3.8) is 0 Å². The second-order valence-electron chi connectivity index (χ2n) is 5.35. The predicted octanol–water partition coefficient (Wildman–Crippen LogP) is 2.53. The Hall–Kier alpha value is -1.63. The molecular weight excluding hydrogens is 300 g/mol. The Kier molecular flexibility index (Phi) is 4.92. The Labute approximate surface area is 133 Å². The minimum Gasteiger partial charge on any atom is -0.459 e. The van der Waals surface area contributed by atoms with Crippen molar-refractivity contribution < 1.29 is 13.9 Å². The molecule has 0 spiro atoms. The molecule has 2 aromatic rings. The lowest BCUT2D eigenvalue weighted by molar-refractivity contribution is 0.00959. The zero-order chi connectivity index (χ0) is 15.4. The molecule has 0 radical (unpaired) electrons. The lowest BCUT2D eigenvalue weighted by Gasteiger charge is -2.37. The van der Waals surface area contributed by atoms with Crippen LogP contribution < -0.4 is 5.32 Å². The lowest BCUT2D eigenvalue weighted by atomic mass is 10.1. The van der Waals surface area contributed by atoms with E-state index in [4.69, 9.17) is 9.15 Å². The van der Waals surface area contributed by atoms with E-state index in [1.807, 2.05) is 6.92 Å². The van der Waals surface area contributed by atoms with Gasteiger partial charge < -0.3 is 14.5 Å². The highest BCUT2D eigenvalue weighted by atomic mass is 32.1. The summed E-state index contributed by atoms with van der Waals surface area (Å²) in [6.45, 7) is 5.27. The van der Waals surface area contributed by atoms with Gasteiger partial charge in [0.05, 0.1) is 25.5 Å². The van der Waals surface area contributed by atoms with E-state index in [-0.39, 0.29) is 18.0 Å². The van der Waals surface area contributed by atoms with Gasteiger partial charge in [0.2, 0.25) is 0 Å². The molecule has 3 heterocycles. The molecule has 1 aliphatic heterocycles. The first-order valence-corrected chi connectivity index (χ1v) is 8.33. The zero-order valence-corrected chi connectivity index (χ0v) is 13.3. The number of nitrogens with zero attached hydrogens (tertiary/aromatic N) is 1. The first-order valence-electron chi connectivity index (χ1n) is 7.45. The van der Waals surface area contributed by atoms with Gasteiger partial charge >= 0.3 is 0 Å². The van der Waals surface area contributed by atoms with Gasteiger partial charge in [0, 0.05) is 24.0 Å².